The highest BCUT2D eigenvalue weighted by Crippen LogP contribution is 2.14. The van der Waals surface area contributed by atoms with Crippen LogP contribution < -0.4 is 16.2 Å². The summed E-state index contributed by atoms with van der Waals surface area (Å²) in [6, 6.07) is 7.29. The van der Waals surface area contributed by atoms with Crippen molar-refractivity contribution in [3.63, 3.8) is 0 Å². The number of para-hydroxylation sites is 1. The number of hydrogen-bond donors (Lipinski definition) is 2. The molecule has 6 nitrogen and oxygen atoms in total. The van der Waals surface area contributed by atoms with E-state index in [-0.39, 0.29) is 23.9 Å². The topological polar surface area (TPSA) is 76.0 Å². The summed E-state index contributed by atoms with van der Waals surface area (Å²) in [5.41, 5.74) is 0.605. The maximum atomic E-state index is 12.9. The average molecular weight is 344 g/mol. The van der Waals surface area contributed by atoms with Gasteiger partial charge in [-0.1, -0.05) is 26.0 Å². The Bertz CT molecular complexity index is 770. The summed E-state index contributed by atoms with van der Waals surface area (Å²) < 4.78 is 1.64. The number of fused-ring (bicyclic) bond motifs is 1. The smallest absolute Gasteiger partial charge is 0.261 e. The van der Waals surface area contributed by atoms with Gasteiger partial charge in [0.15, 0.2) is 0 Å². The summed E-state index contributed by atoms with van der Waals surface area (Å²) in [7, 11) is 0. The molecule has 0 radical (unpaired) electrons. The fourth-order valence-corrected chi connectivity index (χ4v) is 2.75. The summed E-state index contributed by atoms with van der Waals surface area (Å²) >= 11 is 0. The van der Waals surface area contributed by atoms with Crippen LogP contribution in [0.4, 0.5) is 0 Å². The number of aromatic nitrogens is 2. The van der Waals surface area contributed by atoms with E-state index in [0.717, 1.165) is 19.4 Å². The molecule has 0 fully saturated rings. The van der Waals surface area contributed by atoms with E-state index in [9.17, 15) is 9.59 Å². The molecule has 1 amide bonds. The molecule has 136 valence electrons. The number of carbonyl (C=O) groups excluding carboxylic acids is 1. The Kier molecular flexibility index (Phi) is 7.13. The van der Waals surface area contributed by atoms with E-state index >= 15 is 0 Å². The molecule has 2 aromatic rings. The highest BCUT2D eigenvalue weighted by atomic mass is 16.1. The van der Waals surface area contributed by atoms with Gasteiger partial charge in [-0.05, 0) is 38.4 Å². The van der Waals surface area contributed by atoms with Crippen LogP contribution in [0.1, 0.15) is 51.9 Å². The monoisotopic (exact) mass is 344 g/mol. The van der Waals surface area contributed by atoms with Gasteiger partial charge in [0.05, 0.1) is 16.9 Å². The van der Waals surface area contributed by atoms with Crippen molar-refractivity contribution in [3.8, 4) is 0 Å². The summed E-state index contributed by atoms with van der Waals surface area (Å²) in [5.74, 6) is 0.641. The van der Waals surface area contributed by atoms with Crippen molar-refractivity contribution in [2.24, 2.45) is 0 Å². The van der Waals surface area contributed by atoms with Gasteiger partial charge in [-0.3, -0.25) is 14.2 Å². The average Bonchev–Trinajstić information content (AvgIpc) is 2.63. The number of nitrogens with zero attached hydrogens (tertiary/aromatic N) is 2. The Labute approximate surface area is 148 Å². The zero-order valence-corrected chi connectivity index (χ0v) is 15.3. The van der Waals surface area contributed by atoms with E-state index in [1.807, 2.05) is 32.0 Å². The van der Waals surface area contributed by atoms with Crippen molar-refractivity contribution >= 4 is 16.8 Å². The number of carbonyl (C=O) groups is 1. The first-order valence-electron chi connectivity index (χ1n) is 9.08. The van der Waals surface area contributed by atoms with Gasteiger partial charge in [-0.15, -0.1) is 0 Å². The van der Waals surface area contributed by atoms with Crippen LogP contribution in [-0.2, 0) is 11.3 Å². The Morgan fingerprint density at radius 1 is 1.20 bits per heavy atom. The Hall–Kier alpha value is -2.21. The second-order valence-corrected chi connectivity index (χ2v) is 6.22. The predicted molar refractivity (Wildman–Crippen MR) is 101 cm³/mol. The zero-order valence-electron chi connectivity index (χ0n) is 15.3. The van der Waals surface area contributed by atoms with Crippen molar-refractivity contribution in [2.75, 3.05) is 13.1 Å². The first-order chi connectivity index (χ1) is 12.1. The molecule has 0 aliphatic carbocycles. The molecule has 25 heavy (non-hydrogen) atoms. The van der Waals surface area contributed by atoms with E-state index in [1.165, 1.54) is 0 Å². The minimum atomic E-state index is -0.0889. The molecule has 1 aromatic carbocycles. The molecule has 2 N–H and O–H groups in total. The molecule has 2 rings (SSSR count). The van der Waals surface area contributed by atoms with E-state index < -0.39 is 0 Å². The summed E-state index contributed by atoms with van der Waals surface area (Å²) in [5, 5.41) is 6.82. The number of hydrogen-bond acceptors (Lipinski definition) is 4. The lowest BCUT2D eigenvalue weighted by atomic mass is 10.2. The van der Waals surface area contributed by atoms with Gasteiger partial charge in [0, 0.05) is 19.5 Å². The van der Waals surface area contributed by atoms with Crippen molar-refractivity contribution in [1.82, 2.24) is 20.2 Å². The van der Waals surface area contributed by atoms with Gasteiger partial charge in [0.25, 0.3) is 5.56 Å². The highest BCUT2D eigenvalue weighted by Gasteiger charge is 2.16. The molecule has 1 atom stereocenters. The van der Waals surface area contributed by atoms with Crippen LogP contribution in [0.5, 0.6) is 0 Å². The van der Waals surface area contributed by atoms with Crippen LogP contribution >= 0.6 is 0 Å². The van der Waals surface area contributed by atoms with Gasteiger partial charge in [-0.25, -0.2) is 4.98 Å². The molecule has 0 spiro atoms. The van der Waals surface area contributed by atoms with Gasteiger partial charge >= 0.3 is 0 Å². The Morgan fingerprint density at radius 3 is 2.64 bits per heavy atom. The Morgan fingerprint density at radius 2 is 1.92 bits per heavy atom. The van der Waals surface area contributed by atoms with Crippen LogP contribution in [0.2, 0.25) is 0 Å². The molecule has 0 saturated carbocycles. The van der Waals surface area contributed by atoms with Gasteiger partial charge in [0.2, 0.25) is 5.91 Å². The lowest BCUT2D eigenvalue weighted by Crippen LogP contribution is -2.33. The first-order valence-corrected chi connectivity index (χ1v) is 9.08. The quantitative estimate of drug-likeness (QED) is 0.732. The fourth-order valence-electron chi connectivity index (χ4n) is 2.75. The summed E-state index contributed by atoms with van der Waals surface area (Å²) in [6.45, 7) is 7.95. The third-order valence-electron chi connectivity index (χ3n) is 4.11. The van der Waals surface area contributed by atoms with Gasteiger partial charge < -0.3 is 10.6 Å². The lowest BCUT2D eigenvalue weighted by Gasteiger charge is -2.19. The summed E-state index contributed by atoms with van der Waals surface area (Å²) in [6.07, 6.45) is 2.17. The lowest BCUT2D eigenvalue weighted by molar-refractivity contribution is -0.121. The normalized spacial score (nSPS) is 12.3. The number of rotatable bonds is 9. The van der Waals surface area contributed by atoms with E-state index in [2.05, 4.69) is 17.6 Å². The third kappa shape index (κ3) is 4.89. The maximum absolute atomic E-state index is 12.9. The van der Waals surface area contributed by atoms with Crippen molar-refractivity contribution in [3.05, 3.63) is 40.4 Å². The minimum absolute atomic E-state index is 0.0398. The van der Waals surface area contributed by atoms with Gasteiger partial charge in [0.1, 0.15) is 5.82 Å². The molecule has 0 saturated heterocycles. The number of benzene rings is 1. The molecule has 0 aliphatic rings. The Balaban J connectivity index is 2.35. The van der Waals surface area contributed by atoms with Crippen LogP contribution in [0.25, 0.3) is 10.9 Å². The van der Waals surface area contributed by atoms with Crippen molar-refractivity contribution in [1.29, 1.82) is 0 Å². The maximum Gasteiger partial charge on any atom is 0.261 e. The molecular formula is C19H28N4O2. The largest absolute Gasteiger partial charge is 0.356 e. The van der Waals surface area contributed by atoms with Gasteiger partial charge in [-0.2, -0.15) is 0 Å². The van der Waals surface area contributed by atoms with Crippen LogP contribution in [0, 0.1) is 0 Å². The predicted octanol–water partition coefficient (Wildman–Crippen LogP) is 2.37. The van der Waals surface area contributed by atoms with E-state index in [0.29, 0.717) is 29.8 Å². The fraction of sp³-hybridized carbons (Fsp3) is 0.526. The zero-order chi connectivity index (χ0) is 18.2. The SMILES string of the molecule is CCCNC(=O)CCn1c([C@@H](C)NCCC)nc2ccccc2c1=O. The number of amides is 1. The minimum Gasteiger partial charge on any atom is -0.356 e. The van der Waals surface area contributed by atoms with Crippen LogP contribution in [0.3, 0.4) is 0 Å². The second-order valence-electron chi connectivity index (χ2n) is 6.22. The van der Waals surface area contributed by atoms with Crippen molar-refractivity contribution in [2.45, 2.75) is 52.6 Å². The molecule has 1 heterocycles. The molecule has 6 heteroatoms. The third-order valence-corrected chi connectivity index (χ3v) is 4.11. The van der Waals surface area contributed by atoms with Crippen LogP contribution in [0.15, 0.2) is 29.1 Å². The molecule has 0 bridgehead atoms. The molecule has 0 aliphatic heterocycles. The molecule has 1 aromatic heterocycles. The second kappa shape index (κ2) is 9.32. The first kappa shape index (κ1) is 19.1. The highest BCUT2D eigenvalue weighted by molar-refractivity contribution is 5.78. The van der Waals surface area contributed by atoms with E-state index in [1.54, 1.807) is 10.6 Å². The molecular weight excluding hydrogens is 316 g/mol. The van der Waals surface area contributed by atoms with Crippen LogP contribution in [-0.4, -0.2) is 28.5 Å². The van der Waals surface area contributed by atoms with E-state index in [4.69, 9.17) is 4.98 Å². The number of nitrogens with one attached hydrogen (secondary N) is 2. The van der Waals surface area contributed by atoms with Crippen molar-refractivity contribution < 1.29 is 4.79 Å². The molecule has 0 unspecified atom stereocenters. The summed E-state index contributed by atoms with van der Waals surface area (Å²) in [4.78, 5) is 29.6. The standard InChI is InChI=1S/C19H28N4O2/c1-4-11-20-14(3)18-22-16-9-7-6-8-15(16)19(25)23(18)13-10-17(24)21-12-5-2/h6-9,14,20H,4-5,10-13H2,1-3H3,(H,21,24)/t14-/m1/s1.